The first-order valence-electron chi connectivity index (χ1n) is 9.48. The van der Waals surface area contributed by atoms with Gasteiger partial charge >= 0.3 is 0 Å². The predicted molar refractivity (Wildman–Crippen MR) is 98.9 cm³/mol. The first-order valence-corrected chi connectivity index (χ1v) is 9.48. The highest BCUT2D eigenvalue weighted by Crippen LogP contribution is 2.30. The molecule has 2 fully saturated rings. The van der Waals surface area contributed by atoms with Crippen molar-refractivity contribution in [3.05, 3.63) is 29.8 Å². The highest BCUT2D eigenvalue weighted by Gasteiger charge is 2.31. The normalized spacial score (nSPS) is 22.8. The zero-order valence-electron chi connectivity index (χ0n) is 15.6. The minimum absolute atomic E-state index is 0.283. The zero-order valence-corrected chi connectivity index (χ0v) is 15.6. The van der Waals surface area contributed by atoms with Crippen LogP contribution in [0.2, 0.25) is 0 Å². The number of nitrogens with zero attached hydrogens (tertiary/aromatic N) is 2. The molecule has 0 bridgehead atoms. The average Bonchev–Trinajstić information content (AvgIpc) is 2.93. The fourth-order valence-corrected chi connectivity index (χ4v) is 3.74. The number of benzene rings is 1. The van der Waals surface area contributed by atoms with Crippen molar-refractivity contribution in [3.8, 4) is 5.75 Å². The molecular formula is C20H32N2O3. The summed E-state index contributed by atoms with van der Waals surface area (Å²) in [5.74, 6) is 0.843. The summed E-state index contributed by atoms with van der Waals surface area (Å²) in [6, 6.07) is 8.28. The average molecular weight is 348 g/mol. The molecule has 0 aromatic heterocycles. The first kappa shape index (κ1) is 18.6. The Labute approximate surface area is 151 Å². The molecule has 1 aromatic carbocycles. The molecule has 2 aliphatic heterocycles. The van der Waals surface area contributed by atoms with E-state index in [-0.39, 0.29) is 5.54 Å². The van der Waals surface area contributed by atoms with Crippen LogP contribution in [0, 0.1) is 0 Å². The second-order valence-corrected chi connectivity index (χ2v) is 7.86. The molecule has 2 aliphatic rings. The molecule has 140 valence electrons. The Kier molecular flexibility index (Phi) is 6.34. The molecule has 1 N–H and O–H groups in total. The van der Waals surface area contributed by atoms with Crippen LogP contribution < -0.4 is 4.74 Å². The fourth-order valence-electron chi connectivity index (χ4n) is 3.74. The smallest absolute Gasteiger partial charge is 0.119 e. The van der Waals surface area contributed by atoms with E-state index < -0.39 is 6.10 Å². The Morgan fingerprint density at radius 1 is 1.24 bits per heavy atom. The van der Waals surface area contributed by atoms with E-state index in [4.69, 9.17) is 9.47 Å². The lowest BCUT2D eigenvalue weighted by Gasteiger charge is -2.31. The van der Waals surface area contributed by atoms with Crippen LogP contribution in [0.25, 0.3) is 0 Å². The monoisotopic (exact) mass is 348 g/mol. The van der Waals surface area contributed by atoms with Crippen LogP contribution in [-0.4, -0.2) is 72.5 Å². The van der Waals surface area contributed by atoms with E-state index in [1.54, 1.807) is 0 Å². The van der Waals surface area contributed by atoms with Crippen molar-refractivity contribution in [3.63, 3.8) is 0 Å². The zero-order chi connectivity index (χ0) is 17.7. The molecule has 0 aliphatic carbocycles. The van der Waals surface area contributed by atoms with Crippen molar-refractivity contribution in [2.45, 2.75) is 44.9 Å². The van der Waals surface area contributed by atoms with Crippen LogP contribution in [0.5, 0.6) is 5.75 Å². The lowest BCUT2D eigenvalue weighted by molar-refractivity contribution is 0.00464. The standard InChI is InChI=1S/C20H32N2O3/c1-20(2)7-4-8-22(20)14-17-5-3-6-19(13-17)25-16-18(23)15-21-9-11-24-12-10-21/h3,5-6,13,18,23H,4,7-12,14-16H2,1-2H3/t18-/m1/s1. The highest BCUT2D eigenvalue weighted by atomic mass is 16.5. The fraction of sp³-hybridized carbons (Fsp3) is 0.700. The van der Waals surface area contributed by atoms with Crippen LogP contribution in [0.3, 0.4) is 0 Å². The van der Waals surface area contributed by atoms with Gasteiger partial charge in [0.05, 0.1) is 13.2 Å². The number of aliphatic hydroxyl groups is 1. The van der Waals surface area contributed by atoms with Crippen LogP contribution in [0.1, 0.15) is 32.3 Å². The number of rotatable bonds is 7. The summed E-state index contributed by atoms with van der Waals surface area (Å²) in [5, 5.41) is 10.2. The van der Waals surface area contributed by atoms with Gasteiger partial charge in [-0.2, -0.15) is 0 Å². The number of ether oxygens (including phenoxy) is 2. The van der Waals surface area contributed by atoms with Crippen molar-refractivity contribution in [1.29, 1.82) is 0 Å². The largest absolute Gasteiger partial charge is 0.491 e. The second-order valence-electron chi connectivity index (χ2n) is 7.86. The number of hydrogen-bond acceptors (Lipinski definition) is 5. The van der Waals surface area contributed by atoms with Gasteiger partial charge in [0, 0.05) is 31.7 Å². The third-order valence-electron chi connectivity index (χ3n) is 5.36. The molecule has 0 amide bonds. The minimum atomic E-state index is -0.473. The number of β-amino-alcohol motifs (C(OH)–C–C–N with tert-alkyl or cyclic N) is 1. The summed E-state index contributed by atoms with van der Waals surface area (Å²) in [6.45, 7) is 11.0. The van der Waals surface area contributed by atoms with Crippen LogP contribution >= 0.6 is 0 Å². The molecule has 0 saturated carbocycles. The first-order chi connectivity index (χ1) is 12.0. The quantitative estimate of drug-likeness (QED) is 0.818. The molecule has 0 radical (unpaired) electrons. The van der Waals surface area contributed by atoms with Gasteiger partial charge in [0.1, 0.15) is 18.5 Å². The predicted octanol–water partition coefficient (Wildman–Crippen LogP) is 2.13. The maximum atomic E-state index is 10.2. The van der Waals surface area contributed by atoms with Crippen LogP contribution in [0.15, 0.2) is 24.3 Å². The molecular weight excluding hydrogens is 316 g/mol. The van der Waals surface area contributed by atoms with Crippen molar-refractivity contribution >= 4 is 0 Å². The van der Waals surface area contributed by atoms with Crippen molar-refractivity contribution in [2.24, 2.45) is 0 Å². The van der Waals surface area contributed by atoms with E-state index in [2.05, 4.69) is 35.8 Å². The molecule has 5 nitrogen and oxygen atoms in total. The number of aliphatic hydroxyl groups excluding tert-OH is 1. The highest BCUT2D eigenvalue weighted by molar-refractivity contribution is 5.28. The van der Waals surface area contributed by atoms with Crippen molar-refractivity contribution in [2.75, 3.05) is 46.0 Å². The molecule has 1 aromatic rings. The lowest BCUT2D eigenvalue weighted by atomic mass is 10.0. The van der Waals surface area contributed by atoms with Crippen molar-refractivity contribution in [1.82, 2.24) is 9.80 Å². The third kappa shape index (κ3) is 5.42. The van der Waals surface area contributed by atoms with E-state index in [0.717, 1.165) is 45.1 Å². The Balaban J connectivity index is 1.48. The summed E-state index contributed by atoms with van der Waals surface area (Å²) >= 11 is 0. The maximum Gasteiger partial charge on any atom is 0.119 e. The summed E-state index contributed by atoms with van der Waals surface area (Å²) in [7, 11) is 0. The lowest BCUT2D eigenvalue weighted by Crippen LogP contribution is -2.42. The number of morpholine rings is 1. The van der Waals surface area contributed by atoms with E-state index in [0.29, 0.717) is 13.2 Å². The molecule has 0 spiro atoms. The van der Waals surface area contributed by atoms with Gasteiger partial charge in [-0.1, -0.05) is 12.1 Å². The molecule has 5 heteroatoms. The Morgan fingerprint density at radius 3 is 2.76 bits per heavy atom. The van der Waals surface area contributed by atoms with Gasteiger partial charge in [-0.05, 0) is 50.9 Å². The molecule has 1 atom stereocenters. The molecule has 0 unspecified atom stereocenters. The van der Waals surface area contributed by atoms with E-state index in [9.17, 15) is 5.11 Å². The molecule has 2 heterocycles. The summed E-state index contributed by atoms with van der Waals surface area (Å²) in [5.41, 5.74) is 1.56. The summed E-state index contributed by atoms with van der Waals surface area (Å²) in [6.07, 6.45) is 2.06. The SMILES string of the molecule is CC1(C)CCCN1Cc1cccc(OC[C@H](O)CN2CCOCC2)c1. The molecule has 2 saturated heterocycles. The summed E-state index contributed by atoms with van der Waals surface area (Å²) < 4.78 is 11.2. The van der Waals surface area contributed by atoms with Crippen LogP contribution in [0.4, 0.5) is 0 Å². The van der Waals surface area contributed by atoms with Gasteiger partial charge in [0.25, 0.3) is 0 Å². The van der Waals surface area contributed by atoms with Gasteiger partial charge in [-0.25, -0.2) is 0 Å². The van der Waals surface area contributed by atoms with Gasteiger partial charge < -0.3 is 14.6 Å². The van der Waals surface area contributed by atoms with Gasteiger partial charge in [0.15, 0.2) is 0 Å². The Hall–Kier alpha value is -1.14. The van der Waals surface area contributed by atoms with E-state index in [1.807, 2.05) is 12.1 Å². The summed E-state index contributed by atoms with van der Waals surface area (Å²) in [4.78, 5) is 4.77. The van der Waals surface area contributed by atoms with Gasteiger partial charge in [0.2, 0.25) is 0 Å². The topological polar surface area (TPSA) is 45.2 Å². The number of likely N-dealkylation sites (tertiary alicyclic amines) is 1. The Bertz CT molecular complexity index is 543. The maximum absolute atomic E-state index is 10.2. The number of hydrogen-bond donors (Lipinski definition) is 1. The van der Waals surface area contributed by atoms with E-state index >= 15 is 0 Å². The molecule has 25 heavy (non-hydrogen) atoms. The second kappa shape index (κ2) is 8.49. The van der Waals surface area contributed by atoms with Gasteiger partial charge in [-0.3, -0.25) is 9.80 Å². The van der Waals surface area contributed by atoms with Gasteiger partial charge in [-0.15, -0.1) is 0 Å². The van der Waals surface area contributed by atoms with Crippen molar-refractivity contribution < 1.29 is 14.6 Å². The third-order valence-corrected chi connectivity index (χ3v) is 5.36. The molecule has 3 rings (SSSR count). The van der Waals surface area contributed by atoms with E-state index in [1.165, 1.54) is 18.4 Å². The van der Waals surface area contributed by atoms with Crippen LogP contribution in [-0.2, 0) is 11.3 Å². The minimum Gasteiger partial charge on any atom is -0.491 e. The Morgan fingerprint density at radius 2 is 2.04 bits per heavy atom.